The lowest BCUT2D eigenvalue weighted by atomic mass is 9.98. The molecule has 1 fully saturated rings. The van der Waals surface area contributed by atoms with Gasteiger partial charge in [-0.1, -0.05) is 29.8 Å². The Morgan fingerprint density at radius 2 is 1.85 bits per heavy atom. The molecule has 0 aliphatic carbocycles. The zero-order chi connectivity index (χ0) is 28.7. The number of amides is 1. The van der Waals surface area contributed by atoms with Crippen molar-refractivity contribution in [3.8, 4) is 0 Å². The van der Waals surface area contributed by atoms with E-state index in [2.05, 4.69) is 15.2 Å². The Kier molecular flexibility index (Phi) is 7.03. The first kappa shape index (κ1) is 27.0. The van der Waals surface area contributed by atoms with Crippen LogP contribution in [0.2, 0.25) is 5.02 Å². The highest BCUT2D eigenvalue weighted by atomic mass is 35.5. The third-order valence-corrected chi connectivity index (χ3v) is 7.40. The molecule has 2 aromatic carbocycles. The van der Waals surface area contributed by atoms with Crippen LogP contribution in [0.25, 0.3) is 11.6 Å². The smallest absolute Gasteiger partial charge is 0.410 e. The van der Waals surface area contributed by atoms with Crippen LogP contribution in [0.15, 0.2) is 53.7 Å². The first-order valence-corrected chi connectivity index (χ1v) is 14.0. The zero-order valence-electron chi connectivity index (χ0n) is 23.2. The van der Waals surface area contributed by atoms with Crippen LogP contribution in [0.1, 0.15) is 31.9 Å². The summed E-state index contributed by atoms with van der Waals surface area (Å²) in [7, 11) is 0. The fourth-order valence-electron chi connectivity index (χ4n) is 5.17. The Balaban J connectivity index is 1.16. The van der Waals surface area contributed by atoms with Gasteiger partial charge in [0.2, 0.25) is 5.95 Å². The van der Waals surface area contributed by atoms with Crippen molar-refractivity contribution in [3.05, 3.63) is 70.6 Å². The fraction of sp³-hybridized carbons (Fsp3) is 0.333. The second kappa shape index (κ2) is 10.7. The molecule has 41 heavy (non-hydrogen) atoms. The van der Waals surface area contributed by atoms with Gasteiger partial charge in [-0.15, -0.1) is 0 Å². The molecule has 0 unspecified atom stereocenters. The molecule has 212 valence electrons. The minimum atomic E-state index is -0.550. The molecule has 1 saturated heterocycles. The van der Waals surface area contributed by atoms with Crippen molar-refractivity contribution >= 4 is 58.3 Å². The van der Waals surface area contributed by atoms with Crippen LogP contribution in [0.5, 0.6) is 0 Å². The molecule has 3 aromatic rings. The molecular weight excluding hydrogens is 545 g/mol. The van der Waals surface area contributed by atoms with Crippen LogP contribution in [0.4, 0.5) is 32.3 Å². The van der Waals surface area contributed by atoms with Crippen molar-refractivity contribution in [2.45, 2.75) is 26.4 Å². The van der Waals surface area contributed by atoms with E-state index in [-0.39, 0.29) is 11.9 Å². The van der Waals surface area contributed by atoms with E-state index in [9.17, 15) is 4.79 Å². The number of fused-ring (bicyclic) bond motifs is 3. The molecule has 0 atom stereocenters. The quantitative estimate of drug-likeness (QED) is 0.418. The summed E-state index contributed by atoms with van der Waals surface area (Å²) in [5.41, 5.74) is 3.19. The minimum absolute atomic E-state index is 0.342. The summed E-state index contributed by atoms with van der Waals surface area (Å²) in [6.07, 6.45) is 3.42. The summed E-state index contributed by atoms with van der Waals surface area (Å²) in [4.78, 5) is 32.0. The van der Waals surface area contributed by atoms with Gasteiger partial charge in [-0.3, -0.25) is 4.99 Å². The van der Waals surface area contributed by atoms with Gasteiger partial charge in [-0.25, -0.2) is 14.2 Å². The molecule has 11 heteroatoms. The second-order valence-corrected chi connectivity index (χ2v) is 11.5. The third kappa shape index (κ3) is 5.56. The van der Waals surface area contributed by atoms with Gasteiger partial charge in [0, 0.05) is 66.3 Å². The van der Waals surface area contributed by atoms with Gasteiger partial charge >= 0.3 is 6.09 Å². The van der Waals surface area contributed by atoms with E-state index in [1.807, 2.05) is 56.0 Å². The van der Waals surface area contributed by atoms with Gasteiger partial charge in [0.05, 0.1) is 12.2 Å². The van der Waals surface area contributed by atoms with Crippen molar-refractivity contribution in [1.82, 2.24) is 14.9 Å². The number of rotatable bonds is 4. The number of nitrogens with one attached hydrogen (secondary N) is 1. The van der Waals surface area contributed by atoms with Crippen LogP contribution in [0, 0.1) is 5.82 Å². The van der Waals surface area contributed by atoms with E-state index in [1.165, 1.54) is 6.07 Å². The van der Waals surface area contributed by atoms with E-state index in [1.54, 1.807) is 23.2 Å². The number of piperazine rings is 1. The summed E-state index contributed by atoms with van der Waals surface area (Å²) < 4.78 is 20.7. The Morgan fingerprint density at radius 3 is 2.59 bits per heavy atom. The number of aromatic nitrogens is 2. The number of carbonyl (C=O) groups is 1. The second-order valence-electron chi connectivity index (χ2n) is 11.1. The number of hydrogen-bond acceptors (Lipinski definition) is 8. The standard InChI is InChI=1S/C30H31ClFN7O2/c1-30(2,3)41-29(40)38-14-12-37(13-15-38)25-9-8-20(17-24(25)32)35-28-34-18-19-16-22(21-6-4-5-7-23(21)31)27-33-10-11-39(27)26(19)36-28/h4-9,16-18H,10-15H2,1-3H3,(H,34,35,36). The molecule has 0 saturated carbocycles. The Hall–Kier alpha value is -4.18. The van der Waals surface area contributed by atoms with Crippen molar-refractivity contribution in [2.75, 3.05) is 54.4 Å². The van der Waals surface area contributed by atoms with Gasteiger partial charge in [-0.05, 0) is 51.1 Å². The molecular formula is C30H31ClFN7O2. The Labute approximate surface area is 243 Å². The largest absolute Gasteiger partial charge is 0.444 e. The maximum absolute atomic E-state index is 15.2. The number of carbonyl (C=O) groups excluding carboxylic acids is 1. The molecule has 6 rings (SSSR count). The van der Waals surface area contributed by atoms with Gasteiger partial charge in [0.15, 0.2) is 0 Å². The average molecular weight is 576 g/mol. The first-order chi connectivity index (χ1) is 19.7. The van der Waals surface area contributed by atoms with Crippen LogP contribution in [-0.2, 0) is 4.74 Å². The van der Waals surface area contributed by atoms with Crippen molar-refractivity contribution < 1.29 is 13.9 Å². The molecule has 4 heterocycles. The van der Waals surface area contributed by atoms with Crippen molar-refractivity contribution in [1.29, 1.82) is 0 Å². The number of amidine groups is 1. The highest BCUT2D eigenvalue weighted by molar-refractivity contribution is 6.40. The monoisotopic (exact) mass is 575 g/mol. The van der Waals surface area contributed by atoms with E-state index < -0.39 is 5.60 Å². The maximum atomic E-state index is 15.2. The molecule has 0 spiro atoms. The van der Waals surface area contributed by atoms with E-state index in [4.69, 9.17) is 26.3 Å². The fourth-order valence-corrected chi connectivity index (χ4v) is 5.41. The van der Waals surface area contributed by atoms with Crippen LogP contribution in [0.3, 0.4) is 0 Å². The summed E-state index contributed by atoms with van der Waals surface area (Å²) >= 11 is 6.49. The SMILES string of the molecule is CC(C)(C)OC(=O)N1CCN(c2ccc(Nc3ncc4c(n3)N3CCN=C3C(c3ccccc3Cl)=C4)cc2F)CC1. The summed E-state index contributed by atoms with van der Waals surface area (Å²) in [6.45, 7) is 8.84. The van der Waals surface area contributed by atoms with Gasteiger partial charge in [0.1, 0.15) is 23.1 Å². The number of anilines is 4. The average Bonchev–Trinajstić information content (AvgIpc) is 3.43. The third-order valence-electron chi connectivity index (χ3n) is 7.07. The van der Waals surface area contributed by atoms with E-state index in [0.717, 1.165) is 28.4 Å². The van der Waals surface area contributed by atoms with Crippen LogP contribution in [-0.4, -0.2) is 71.7 Å². The predicted molar refractivity (Wildman–Crippen MR) is 161 cm³/mol. The number of halogens is 2. The Bertz CT molecular complexity index is 1560. The number of nitrogens with zero attached hydrogens (tertiary/aromatic N) is 6. The zero-order valence-corrected chi connectivity index (χ0v) is 24.0. The molecule has 9 nitrogen and oxygen atoms in total. The van der Waals surface area contributed by atoms with Gasteiger partial charge in [0.25, 0.3) is 0 Å². The normalized spacial score (nSPS) is 16.6. The molecule has 3 aliphatic rings. The topological polar surface area (TPSA) is 86.2 Å². The van der Waals surface area contributed by atoms with E-state index >= 15 is 4.39 Å². The molecule has 1 amide bonds. The molecule has 0 radical (unpaired) electrons. The van der Waals surface area contributed by atoms with Crippen LogP contribution >= 0.6 is 11.6 Å². The highest BCUT2D eigenvalue weighted by Crippen LogP contribution is 2.37. The maximum Gasteiger partial charge on any atom is 0.410 e. The van der Waals surface area contributed by atoms with Crippen molar-refractivity contribution in [2.24, 2.45) is 4.99 Å². The highest BCUT2D eigenvalue weighted by Gasteiger charge is 2.31. The molecule has 3 aliphatic heterocycles. The lowest BCUT2D eigenvalue weighted by molar-refractivity contribution is 0.0240. The summed E-state index contributed by atoms with van der Waals surface area (Å²) in [5, 5.41) is 3.80. The van der Waals surface area contributed by atoms with Gasteiger partial charge < -0.3 is 24.8 Å². The molecule has 1 aromatic heterocycles. The predicted octanol–water partition coefficient (Wildman–Crippen LogP) is 5.84. The lowest BCUT2D eigenvalue weighted by Crippen LogP contribution is -2.50. The molecule has 0 bridgehead atoms. The van der Waals surface area contributed by atoms with Gasteiger partial charge in [-0.2, -0.15) is 4.98 Å². The first-order valence-electron chi connectivity index (χ1n) is 13.6. The van der Waals surface area contributed by atoms with Crippen molar-refractivity contribution in [3.63, 3.8) is 0 Å². The number of hydrogen-bond donors (Lipinski definition) is 1. The van der Waals surface area contributed by atoms with E-state index in [0.29, 0.717) is 61.6 Å². The number of ether oxygens (including phenoxy) is 1. The molecule has 1 N–H and O–H groups in total. The Morgan fingerprint density at radius 1 is 1.07 bits per heavy atom. The lowest BCUT2D eigenvalue weighted by Gasteiger charge is -2.36. The number of benzene rings is 2. The van der Waals surface area contributed by atoms with Crippen LogP contribution < -0.4 is 15.1 Å². The minimum Gasteiger partial charge on any atom is -0.444 e. The number of aliphatic imine (C=N–C) groups is 1. The summed E-state index contributed by atoms with van der Waals surface area (Å²) in [5.74, 6) is 1.58. The summed E-state index contributed by atoms with van der Waals surface area (Å²) in [6, 6.07) is 12.7.